The number of aliphatic hydroxyl groups excluding tert-OH is 1. The second kappa shape index (κ2) is 7.21. The molecule has 0 amide bonds. The van der Waals surface area contributed by atoms with Gasteiger partial charge < -0.3 is 5.11 Å². The van der Waals surface area contributed by atoms with E-state index in [-0.39, 0.29) is 17.9 Å². The lowest BCUT2D eigenvalue weighted by Crippen LogP contribution is -2.29. The van der Waals surface area contributed by atoms with E-state index in [2.05, 4.69) is 0 Å². The third-order valence-corrected chi connectivity index (χ3v) is 5.74. The number of halogens is 1. The van der Waals surface area contributed by atoms with Crippen molar-refractivity contribution in [1.29, 1.82) is 0 Å². The molecular weight excluding hydrogens is 317 g/mol. The summed E-state index contributed by atoms with van der Waals surface area (Å²) in [6.45, 7) is 1.76. The van der Waals surface area contributed by atoms with Crippen molar-refractivity contribution in [3.05, 3.63) is 65.5 Å². The van der Waals surface area contributed by atoms with Gasteiger partial charge in [-0.2, -0.15) is 0 Å². The molecule has 2 aromatic rings. The lowest BCUT2D eigenvalue weighted by Gasteiger charge is -2.20. The minimum absolute atomic E-state index is 0.0470. The summed E-state index contributed by atoms with van der Waals surface area (Å²) in [5.74, 6) is -0.591. The van der Waals surface area contributed by atoms with Crippen molar-refractivity contribution >= 4 is 10.0 Å². The van der Waals surface area contributed by atoms with Gasteiger partial charge in [0.15, 0.2) is 0 Å². The molecule has 4 nitrogen and oxygen atoms in total. The summed E-state index contributed by atoms with van der Waals surface area (Å²) in [5.41, 5.74) is 1.22. The first-order valence-corrected chi connectivity index (χ1v) is 8.72. The van der Waals surface area contributed by atoms with E-state index >= 15 is 0 Å². The highest BCUT2D eigenvalue weighted by Crippen LogP contribution is 2.22. The molecule has 6 heteroatoms. The number of hydrogen-bond acceptors (Lipinski definition) is 3. The SMILES string of the molecule is Cc1ccc(F)cc1S(=O)(=O)N(C)CCC(O)c1ccccc1. The van der Waals surface area contributed by atoms with Gasteiger partial charge in [-0.25, -0.2) is 17.1 Å². The van der Waals surface area contributed by atoms with Crippen LogP contribution in [-0.4, -0.2) is 31.4 Å². The minimum Gasteiger partial charge on any atom is -0.388 e. The van der Waals surface area contributed by atoms with Gasteiger partial charge in [-0.1, -0.05) is 36.4 Å². The van der Waals surface area contributed by atoms with Gasteiger partial charge in [0, 0.05) is 13.6 Å². The molecule has 0 spiro atoms. The van der Waals surface area contributed by atoms with Gasteiger partial charge in [0.25, 0.3) is 0 Å². The molecule has 0 fully saturated rings. The fraction of sp³-hybridized carbons (Fsp3) is 0.294. The first-order chi connectivity index (χ1) is 10.8. The van der Waals surface area contributed by atoms with Crippen molar-refractivity contribution < 1.29 is 17.9 Å². The van der Waals surface area contributed by atoms with Crippen LogP contribution in [0.15, 0.2) is 53.4 Å². The Morgan fingerprint density at radius 2 is 1.83 bits per heavy atom. The van der Waals surface area contributed by atoms with Crippen LogP contribution in [0.1, 0.15) is 23.7 Å². The standard InChI is InChI=1S/C17H20FNO3S/c1-13-8-9-15(18)12-17(13)23(21,22)19(2)11-10-16(20)14-6-4-3-5-7-14/h3-9,12,16,20H,10-11H2,1-2H3. The molecule has 0 aliphatic rings. The summed E-state index contributed by atoms with van der Waals surface area (Å²) in [7, 11) is -2.36. The summed E-state index contributed by atoms with van der Waals surface area (Å²) >= 11 is 0. The summed E-state index contributed by atoms with van der Waals surface area (Å²) < 4.78 is 39.6. The Morgan fingerprint density at radius 3 is 2.48 bits per heavy atom. The lowest BCUT2D eigenvalue weighted by atomic mass is 10.1. The first kappa shape index (κ1) is 17.6. The van der Waals surface area contributed by atoms with Crippen LogP contribution in [0, 0.1) is 12.7 Å². The van der Waals surface area contributed by atoms with E-state index < -0.39 is 21.9 Å². The number of hydrogen-bond donors (Lipinski definition) is 1. The molecule has 124 valence electrons. The van der Waals surface area contributed by atoms with E-state index in [1.807, 2.05) is 18.2 Å². The van der Waals surface area contributed by atoms with Gasteiger partial charge >= 0.3 is 0 Å². The maximum atomic E-state index is 13.4. The van der Waals surface area contributed by atoms with Gasteiger partial charge in [-0.05, 0) is 36.6 Å². The van der Waals surface area contributed by atoms with Crippen LogP contribution in [-0.2, 0) is 10.0 Å². The Hall–Kier alpha value is -1.76. The smallest absolute Gasteiger partial charge is 0.243 e. The van der Waals surface area contributed by atoms with Gasteiger partial charge in [0.2, 0.25) is 10.0 Å². The van der Waals surface area contributed by atoms with Crippen molar-refractivity contribution in [2.24, 2.45) is 0 Å². The Morgan fingerprint density at radius 1 is 1.17 bits per heavy atom. The predicted octanol–water partition coefficient (Wildman–Crippen LogP) is 2.88. The van der Waals surface area contributed by atoms with Crippen LogP contribution < -0.4 is 0 Å². The molecule has 0 heterocycles. The molecular formula is C17H20FNO3S. The molecule has 1 atom stereocenters. The maximum Gasteiger partial charge on any atom is 0.243 e. The number of rotatable bonds is 6. The summed E-state index contributed by atoms with van der Waals surface area (Å²) in [6, 6.07) is 12.7. The van der Waals surface area contributed by atoms with Gasteiger partial charge in [0.1, 0.15) is 5.82 Å². The van der Waals surface area contributed by atoms with E-state index in [0.29, 0.717) is 5.56 Å². The van der Waals surface area contributed by atoms with Crippen LogP contribution in [0.5, 0.6) is 0 Å². The largest absolute Gasteiger partial charge is 0.388 e. The number of nitrogens with zero attached hydrogens (tertiary/aromatic N) is 1. The monoisotopic (exact) mass is 337 g/mol. The normalized spacial score (nSPS) is 13.3. The number of benzene rings is 2. The third kappa shape index (κ3) is 4.16. The second-order valence-electron chi connectivity index (χ2n) is 5.45. The molecule has 1 N–H and O–H groups in total. The Kier molecular flexibility index (Phi) is 5.51. The molecule has 0 aliphatic heterocycles. The minimum atomic E-state index is -3.79. The van der Waals surface area contributed by atoms with Crippen molar-refractivity contribution in [3.63, 3.8) is 0 Å². The molecule has 0 radical (unpaired) electrons. The fourth-order valence-electron chi connectivity index (χ4n) is 2.29. The summed E-state index contributed by atoms with van der Waals surface area (Å²) in [6.07, 6.45) is -0.490. The van der Waals surface area contributed by atoms with Crippen LogP contribution in [0.2, 0.25) is 0 Å². The van der Waals surface area contributed by atoms with E-state index in [4.69, 9.17) is 0 Å². The van der Waals surface area contributed by atoms with E-state index in [1.165, 1.54) is 19.2 Å². The number of aliphatic hydroxyl groups is 1. The van der Waals surface area contributed by atoms with Gasteiger partial charge in [0.05, 0.1) is 11.0 Å². The molecule has 0 aliphatic carbocycles. The topological polar surface area (TPSA) is 57.6 Å². The van der Waals surface area contributed by atoms with Crippen LogP contribution in [0.4, 0.5) is 4.39 Å². The second-order valence-corrected chi connectivity index (χ2v) is 7.46. The summed E-state index contributed by atoms with van der Waals surface area (Å²) in [4.78, 5) is -0.0470. The van der Waals surface area contributed by atoms with Crippen molar-refractivity contribution in [2.45, 2.75) is 24.3 Å². The molecule has 0 aromatic heterocycles. The average Bonchev–Trinajstić information content (AvgIpc) is 2.55. The maximum absolute atomic E-state index is 13.4. The van der Waals surface area contributed by atoms with Crippen LogP contribution in [0.25, 0.3) is 0 Å². The number of sulfonamides is 1. The fourth-order valence-corrected chi connectivity index (χ4v) is 3.70. The van der Waals surface area contributed by atoms with Gasteiger partial charge in [-0.15, -0.1) is 0 Å². The lowest BCUT2D eigenvalue weighted by molar-refractivity contribution is 0.160. The molecule has 0 saturated carbocycles. The van der Waals surface area contributed by atoms with E-state index in [0.717, 1.165) is 15.9 Å². The van der Waals surface area contributed by atoms with E-state index in [1.54, 1.807) is 19.1 Å². The highest BCUT2D eigenvalue weighted by molar-refractivity contribution is 7.89. The molecule has 1 unspecified atom stereocenters. The Bertz CT molecular complexity index is 763. The highest BCUT2D eigenvalue weighted by atomic mass is 32.2. The quantitative estimate of drug-likeness (QED) is 0.882. The zero-order valence-electron chi connectivity index (χ0n) is 13.1. The van der Waals surface area contributed by atoms with Crippen molar-refractivity contribution in [1.82, 2.24) is 4.31 Å². The zero-order chi connectivity index (χ0) is 17.0. The van der Waals surface area contributed by atoms with E-state index in [9.17, 15) is 17.9 Å². The van der Waals surface area contributed by atoms with Crippen molar-refractivity contribution in [3.8, 4) is 0 Å². The third-order valence-electron chi connectivity index (χ3n) is 3.74. The van der Waals surface area contributed by atoms with Gasteiger partial charge in [-0.3, -0.25) is 0 Å². The molecule has 23 heavy (non-hydrogen) atoms. The van der Waals surface area contributed by atoms with Crippen LogP contribution in [0.3, 0.4) is 0 Å². The van der Waals surface area contributed by atoms with Crippen LogP contribution >= 0.6 is 0 Å². The molecule has 0 saturated heterocycles. The van der Waals surface area contributed by atoms with Crippen molar-refractivity contribution in [2.75, 3.05) is 13.6 Å². The highest BCUT2D eigenvalue weighted by Gasteiger charge is 2.24. The molecule has 2 rings (SSSR count). The Labute approximate surface area is 136 Å². The predicted molar refractivity (Wildman–Crippen MR) is 87.0 cm³/mol. The average molecular weight is 337 g/mol. The molecule has 2 aromatic carbocycles. The zero-order valence-corrected chi connectivity index (χ0v) is 13.9. The molecule has 0 bridgehead atoms. The first-order valence-electron chi connectivity index (χ1n) is 7.28. The summed E-state index contributed by atoms with van der Waals surface area (Å²) in [5, 5.41) is 10.1. The number of aryl methyl sites for hydroxylation is 1. The Balaban J connectivity index is 2.10.